The molecule has 0 aromatic heterocycles. The van der Waals surface area contributed by atoms with Gasteiger partial charge in [0.15, 0.2) is 0 Å². The number of hydrogen-bond acceptors (Lipinski definition) is 2. The molecule has 2 heteroatoms. The average Bonchev–Trinajstić information content (AvgIpc) is 2.27. The maximum Gasteiger partial charge on any atom is 0.0582 e. The molecular weight excluding hydrogens is 186 g/mol. The van der Waals surface area contributed by atoms with Crippen LogP contribution in [0.3, 0.4) is 0 Å². The van der Waals surface area contributed by atoms with Crippen LogP contribution in [0.5, 0.6) is 0 Å². The second-order valence-electron chi connectivity index (χ2n) is 3.87. The maximum absolute atomic E-state index is 8.86. The third-order valence-corrected chi connectivity index (χ3v) is 2.22. The van der Waals surface area contributed by atoms with E-state index in [0.717, 1.165) is 6.54 Å². The highest BCUT2D eigenvalue weighted by Gasteiger charge is 1.97. The normalized spacial score (nSPS) is 13.9. The predicted molar refractivity (Wildman–Crippen MR) is 64.6 cm³/mol. The van der Waals surface area contributed by atoms with Crippen molar-refractivity contribution in [1.82, 2.24) is 5.32 Å². The summed E-state index contributed by atoms with van der Waals surface area (Å²) >= 11 is 0. The summed E-state index contributed by atoms with van der Waals surface area (Å²) < 4.78 is 0. The molecule has 1 rings (SSSR count). The van der Waals surface area contributed by atoms with Gasteiger partial charge in [-0.2, -0.15) is 0 Å². The Morgan fingerprint density at radius 1 is 1.40 bits per heavy atom. The number of aliphatic hydroxyl groups excluding tert-OH is 1. The second-order valence-corrected chi connectivity index (χ2v) is 3.87. The maximum atomic E-state index is 8.86. The lowest BCUT2D eigenvalue weighted by molar-refractivity contribution is 0.254. The lowest BCUT2D eigenvalue weighted by Crippen LogP contribution is -2.30. The first kappa shape index (κ1) is 12.0. The Morgan fingerprint density at radius 2 is 2.07 bits per heavy atom. The Hall–Kier alpha value is -1.12. The summed E-state index contributed by atoms with van der Waals surface area (Å²) in [5, 5.41) is 12.1. The first-order valence-electron chi connectivity index (χ1n) is 5.29. The van der Waals surface area contributed by atoms with E-state index in [-0.39, 0.29) is 12.6 Å². The Labute approximate surface area is 91.6 Å². The molecule has 0 saturated carbocycles. The SMILES string of the molecule is CC(=Cc1ccccc1)CNC(C)CO. The molecule has 0 radical (unpaired) electrons. The van der Waals surface area contributed by atoms with Crippen molar-refractivity contribution in [3.63, 3.8) is 0 Å². The highest BCUT2D eigenvalue weighted by Crippen LogP contribution is 2.05. The molecule has 15 heavy (non-hydrogen) atoms. The van der Waals surface area contributed by atoms with E-state index in [0.29, 0.717) is 0 Å². The molecule has 0 saturated heterocycles. The first-order valence-corrected chi connectivity index (χ1v) is 5.29. The monoisotopic (exact) mass is 205 g/mol. The summed E-state index contributed by atoms with van der Waals surface area (Å²) in [6.07, 6.45) is 2.15. The number of nitrogens with one attached hydrogen (secondary N) is 1. The van der Waals surface area contributed by atoms with E-state index >= 15 is 0 Å². The van der Waals surface area contributed by atoms with Gasteiger partial charge in [-0.3, -0.25) is 0 Å². The molecule has 0 spiro atoms. The van der Waals surface area contributed by atoms with Crippen molar-refractivity contribution in [3.05, 3.63) is 41.5 Å². The molecular formula is C13H19NO. The van der Waals surface area contributed by atoms with E-state index in [1.165, 1.54) is 11.1 Å². The van der Waals surface area contributed by atoms with Crippen molar-refractivity contribution < 1.29 is 5.11 Å². The van der Waals surface area contributed by atoms with Crippen molar-refractivity contribution in [2.45, 2.75) is 19.9 Å². The smallest absolute Gasteiger partial charge is 0.0582 e. The van der Waals surface area contributed by atoms with Crippen LogP contribution in [0.2, 0.25) is 0 Å². The van der Waals surface area contributed by atoms with Crippen molar-refractivity contribution in [1.29, 1.82) is 0 Å². The number of aliphatic hydroxyl groups is 1. The minimum absolute atomic E-state index is 0.157. The molecule has 1 aromatic rings. The van der Waals surface area contributed by atoms with E-state index < -0.39 is 0 Å². The third-order valence-electron chi connectivity index (χ3n) is 2.22. The van der Waals surface area contributed by atoms with E-state index in [4.69, 9.17) is 5.11 Å². The molecule has 2 N–H and O–H groups in total. The molecule has 0 amide bonds. The van der Waals surface area contributed by atoms with Gasteiger partial charge in [0.1, 0.15) is 0 Å². The van der Waals surface area contributed by atoms with E-state index in [9.17, 15) is 0 Å². The van der Waals surface area contributed by atoms with Crippen molar-refractivity contribution >= 4 is 6.08 Å². The molecule has 0 aliphatic rings. The minimum Gasteiger partial charge on any atom is -0.395 e. The predicted octanol–water partition coefficient (Wildman–Crippen LogP) is 2.06. The largest absolute Gasteiger partial charge is 0.395 e. The van der Waals surface area contributed by atoms with Crippen LogP contribution in [0.15, 0.2) is 35.9 Å². The van der Waals surface area contributed by atoms with Gasteiger partial charge in [-0.25, -0.2) is 0 Å². The van der Waals surface area contributed by atoms with Crippen molar-refractivity contribution in [2.75, 3.05) is 13.2 Å². The number of hydrogen-bond donors (Lipinski definition) is 2. The van der Waals surface area contributed by atoms with Crippen LogP contribution in [-0.2, 0) is 0 Å². The van der Waals surface area contributed by atoms with Crippen molar-refractivity contribution in [3.8, 4) is 0 Å². The van der Waals surface area contributed by atoms with Gasteiger partial charge in [-0.1, -0.05) is 42.0 Å². The first-order chi connectivity index (χ1) is 7.22. The zero-order valence-electron chi connectivity index (χ0n) is 9.40. The van der Waals surface area contributed by atoms with E-state index in [1.807, 2.05) is 25.1 Å². The zero-order valence-corrected chi connectivity index (χ0v) is 9.40. The lowest BCUT2D eigenvalue weighted by Gasteiger charge is -2.10. The fourth-order valence-electron chi connectivity index (χ4n) is 1.28. The molecule has 0 heterocycles. The van der Waals surface area contributed by atoms with Crippen LogP contribution in [0.4, 0.5) is 0 Å². The summed E-state index contributed by atoms with van der Waals surface area (Å²) in [6, 6.07) is 10.4. The third kappa shape index (κ3) is 4.77. The summed E-state index contributed by atoms with van der Waals surface area (Å²) in [5.74, 6) is 0. The van der Waals surface area contributed by atoms with Gasteiger partial charge in [0.25, 0.3) is 0 Å². The fraction of sp³-hybridized carbons (Fsp3) is 0.385. The standard InChI is InChI=1S/C13H19NO/c1-11(9-14-12(2)10-15)8-13-6-4-3-5-7-13/h3-8,12,14-15H,9-10H2,1-2H3. The minimum atomic E-state index is 0.157. The van der Waals surface area contributed by atoms with Gasteiger partial charge in [-0.15, -0.1) is 0 Å². The fourth-order valence-corrected chi connectivity index (χ4v) is 1.28. The highest BCUT2D eigenvalue weighted by atomic mass is 16.3. The van der Waals surface area contributed by atoms with Crippen LogP contribution in [0.1, 0.15) is 19.4 Å². The van der Waals surface area contributed by atoms with E-state index in [1.54, 1.807) is 0 Å². The van der Waals surface area contributed by atoms with Crippen molar-refractivity contribution in [2.24, 2.45) is 0 Å². The topological polar surface area (TPSA) is 32.3 Å². The quantitative estimate of drug-likeness (QED) is 0.771. The zero-order chi connectivity index (χ0) is 11.1. The van der Waals surface area contributed by atoms with Gasteiger partial charge in [0.2, 0.25) is 0 Å². The Balaban J connectivity index is 2.46. The molecule has 0 aliphatic carbocycles. The highest BCUT2D eigenvalue weighted by molar-refractivity contribution is 5.52. The van der Waals surface area contributed by atoms with Gasteiger partial charge in [0, 0.05) is 12.6 Å². The summed E-state index contributed by atoms with van der Waals surface area (Å²) in [4.78, 5) is 0. The Kier molecular flexibility index (Phi) is 5.08. The molecule has 1 aromatic carbocycles. The Morgan fingerprint density at radius 3 is 2.67 bits per heavy atom. The van der Waals surface area contributed by atoms with Crippen LogP contribution >= 0.6 is 0 Å². The summed E-state index contributed by atoms with van der Waals surface area (Å²) in [6.45, 7) is 5.05. The van der Waals surface area contributed by atoms with Crippen LogP contribution in [0.25, 0.3) is 6.08 Å². The van der Waals surface area contributed by atoms with Gasteiger partial charge < -0.3 is 10.4 Å². The molecule has 0 bridgehead atoms. The van der Waals surface area contributed by atoms with Crippen LogP contribution < -0.4 is 5.32 Å². The van der Waals surface area contributed by atoms with Crippen LogP contribution in [0, 0.1) is 0 Å². The molecule has 82 valence electrons. The van der Waals surface area contributed by atoms with Gasteiger partial charge in [0.05, 0.1) is 6.61 Å². The van der Waals surface area contributed by atoms with Gasteiger partial charge in [-0.05, 0) is 19.4 Å². The number of rotatable bonds is 5. The van der Waals surface area contributed by atoms with Gasteiger partial charge >= 0.3 is 0 Å². The summed E-state index contributed by atoms with van der Waals surface area (Å²) in [7, 11) is 0. The molecule has 1 unspecified atom stereocenters. The Bertz CT molecular complexity index is 306. The van der Waals surface area contributed by atoms with E-state index in [2.05, 4.69) is 30.4 Å². The molecule has 0 fully saturated rings. The molecule has 2 nitrogen and oxygen atoms in total. The van der Waals surface area contributed by atoms with Crippen LogP contribution in [-0.4, -0.2) is 24.3 Å². The molecule has 1 atom stereocenters. The lowest BCUT2D eigenvalue weighted by atomic mass is 10.1. The molecule has 0 aliphatic heterocycles. The number of benzene rings is 1. The average molecular weight is 205 g/mol. The summed E-state index contributed by atoms with van der Waals surface area (Å²) in [5.41, 5.74) is 2.48. The second kappa shape index (κ2) is 6.38.